The van der Waals surface area contributed by atoms with Crippen LogP contribution in [0.5, 0.6) is 0 Å². The molecule has 59 heavy (non-hydrogen) atoms. The summed E-state index contributed by atoms with van der Waals surface area (Å²) < 4.78 is 9.18. The van der Waals surface area contributed by atoms with Crippen molar-refractivity contribution in [2.45, 2.75) is 19.3 Å². The molecule has 278 valence electrons. The third-order valence-electron chi connectivity index (χ3n) is 12.2. The number of nitrogens with zero attached hydrogens (tertiary/aromatic N) is 3. The molecule has 12 rings (SSSR count). The first-order valence-corrected chi connectivity index (χ1v) is 20.8. The molecule has 0 fully saturated rings. The van der Waals surface area contributed by atoms with Crippen molar-refractivity contribution in [3.05, 3.63) is 187 Å². The molecule has 5 heteroatoms. The van der Waals surface area contributed by atoms with Crippen molar-refractivity contribution in [3.8, 4) is 67.5 Å². The normalized spacial score (nSPS) is 13.1. The van der Waals surface area contributed by atoms with E-state index in [1.165, 1.54) is 59.1 Å². The van der Waals surface area contributed by atoms with Gasteiger partial charge >= 0.3 is 0 Å². The molecule has 0 saturated heterocycles. The maximum atomic E-state index is 6.63. The second kappa shape index (κ2) is 12.9. The molecule has 1 aliphatic carbocycles. The van der Waals surface area contributed by atoms with Crippen molar-refractivity contribution < 1.29 is 4.42 Å². The van der Waals surface area contributed by atoms with E-state index in [2.05, 4.69) is 159 Å². The van der Waals surface area contributed by atoms with Crippen LogP contribution in [0.1, 0.15) is 25.0 Å². The molecule has 0 amide bonds. The lowest BCUT2D eigenvalue weighted by molar-refractivity contribution is 0.660. The van der Waals surface area contributed by atoms with Crippen molar-refractivity contribution in [1.29, 1.82) is 0 Å². The molecule has 4 nitrogen and oxygen atoms in total. The summed E-state index contributed by atoms with van der Waals surface area (Å²) in [7, 11) is 0. The fourth-order valence-electron chi connectivity index (χ4n) is 9.33. The van der Waals surface area contributed by atoms with Gasteiger partial charge in [0.25, 0.3) is 0 Å². The summed E-state index contributed by atoms with van der Waals surface area (Å²) in [6, 6.07) is 62.4. The van der Waals surface area contributed by atoms with Crippen molar-refractivity contribution in [1.82, 2.24) is 15.0 Å². The molecule has 0 radical (unpaired) electrons. The monoisotopic (exact) mass is 773 g/mol. The number of furan rings is 1. The Morgan fingerprint density at radius 1 is 0.407 bits per heavy atom. The Kier molecular flexibility index (Phi) is 7.41. The van der Waals surface area contributed by atoms with Crippen LogP contribution in [0.25, 0.3) is 110 Å². The van der Waals surface area contributed by atoms with Gasteiger partial charge in [0.05, 0.1) is 0 Å². The Hall–Kier alpha value is -7.21. The number of hydrogen-bond donors (Lipinski definition) is 0. The van der Waals surface area contributed by atoms with E-state index in [4.69, 9.17) is 19.4 Å². The maximum absolute atomic E-state index is 6.63. The minimum absolute atomic E-state index is 0.154. The number of fused-ring (bicyclic) bond motifs is 9. The summed E-state index contributed by atoms with van der Waals surface area (Å²) in [5, 5.41) is 4.54. The first-order valence-electron chi connectivity index (χ1n) is 20.0. The average molecular weight is 774 g/mol. The number of benzene rings is 8. The topological polar surface area (TPSA) is 51.8 Å². The molecule has 0 saturated carbocycles. The number of thiophene rings is 1. The molecule has 0 spiro atoms. The number of aromatic nitrogens is 3. The Balaban J connectivity index is 1.09. The molecule has 0 bridgehead atoms. The molecule has 0 atom stereocenters. The predicted octanol–water partition coefficient (Wildman–Crippen LogP) is 14.8. The zero-order valence-electron chi connectivity index (χ0n) is 32.4. The fourth-order valence-corrected chi connectivity index (χ4v) is 10.4. The highest BCUT2D eigenvalue weighted by Gasteiger charge is 2.35. The highest BCUT2D eigenvalue weighted by molar-refractivity contribution is 7.26. The summed E-state index contributed by atoms with van der Waals surface area (Å²) >= 11 is 1.84. The third-order valence-corrected chi connectivity index (χ3v) is 13.3. The van der Waals surface area contributed by atoms with Crippen LogP contribution in [0.4, 0.5) is 0 Å². The van der Waals surface area contributed by atoms with E-state index >= 15 is 0 Å². The molecule has 3 heterocycles. The summed E-state index contributed by atoms with van der Waals surface area (Å²) in [5.41, 5.74) is 14.1. The van der Waals surface area contributed by atoms with Crippen LogP contribution in [-0.2, 0) is 5.41 Å². The summed E-state index contributed by atoms with van der Waals surface area (Å²) in [6.07, 6.45) is 0. The molecule has 1 aliphatic rings. The van der Waals surface area contributed by atoms with Gasteiger partial charge in [-0.3, -0.25) is 0 Å². The van der Waals surface area contributed by atoms with Crippen LogP contribution in [-0.4, -0.2) is 15.0 Å². The molecule has 0 aliphatic heterocycles. The lowest BCUT2D eigenvalue weighted by Gasteiger charge is -2.21. The average Bonchev–Trinajstić information content (AvgIpc) is 3.94. The highest BCUT2D eigenvalue weighted by atomic mass is 32.1. The van der Waals surface area contributed by atoms with Crippen molar-refractivity contribution in [3.63, 3.8) is 0 Å². The Labute approximate surface area is 345 Å². The lowest BCUT2D eigenvalue weighted by atomic mass is 9.82. The molecule has 11 aromatic rings. The number of rotatable bonds is 5. The lowest BCUT2D eigenvalue weighted by Crippen LogP contribution is -2.15. The summed E-state index contributed by atoms with van der Waals surface area (Å²) in [6.45, 7) is 4.61. The van der Waals surface area contributed by atoms with Gasteiger partial charge in [0, 0.05) is 53.1 Å². The molecule has 0 N–H and O–H groups in total. The summed E-state index contributed by atoms with van der Waals surface area (Å²) in [5.74, 6) is 1.87. The van der Waals surface area contributed by atoms with E-state index in [1.54, 1.807) is 0 Å². The van der Waals surface area contributed by atoms with Gasteiger partial charge in [-0.05, 0) is 80.9 Å². The van der Waals surface area contributed by atoms with Gasteiger partial charge in [0.1, 0.15) is 11.2 Å². The van der Waals surface area contributed by atoms with Gasteiger partial charge in [-0.2, -0.15) is 0 Å². The Morgan fingerprint density at radius 3 is 1.92 bits per heavy atom. The molecular weight excluding hydrogens is 739 g/mol. The van der Waals surface area contributed by atoms with Crippen LogP contribution >= 0.6 is 11.3 Å². The predicted molar refractivity (Wildman–Crippen MR) is 245 cm³/mol. The van der Waals surface area contributed by atoms with Crippen LogP contribution in [0.15, 0.2) is 180 Å². The minimum atomic E-state index is -0.154. The standard InChI is InChI=1S/C54H35N3OS/c1-54(2)42-21-11-9-18-37(42)38-26-24-35(31-43(38)54)52-55-51(33-16-7-4-8-17-33)56-53(57-52)40-20-13-22-45-49(40)41-30-34(25-28-44(41)58-45)48-36(32-14-5-3-6-15-32)27-29-47-50(48)39-19-10-12-23-46(39)59-47/h3-31H,1-2H3. The van der Waals surface area contributed by atoms with Gasteiger partial charge in [0.2, 0.25) is 0 Å². The van der Waals surface area contributed by atoms with Gasteiger partial charge < -0.3 is 4.42 Å². The van der Waals surface area contributed by atoms with E-state index < -0.39 is 0 Å². The van der Waals surface area contributed by atoms with Crippen molar-refractivity contribution >= 4 is 53.4 Å². The zero-order valence-corrected chi connectivity index (χ0v) is 33.2. The Bertz CT molecular complexity index is 3470. The zero-order chi connectivity index (χ0) is 39.2. The van der Waals surface area contributed by atoms with Crippen molar-refractivity contribution in [2.75, 3.05) is 0 Å². The fraction of sp³-hybridized carbons (Fsp3) is 0.0556. The first-order chi connectivity index (χ1) is 29.0. The van der Waals surface area contributed by atoms with Crippen LogP contribution in [0, 0.1) is 0 Å². The smallest absolute Gasteiger partial charge is 0.164 e. The van der Waals surface area contributed by atoms with Crippen molar-refractivity contribution in [2.24, 2.45) is 0 Å². The minimum Gasteiger partial charge on any atom is -0.456 e. The van der Waals surface area contributed by atoms with Gasteiger partial charge in [-0.1, -0.05) is 153 Å². The van der Waals surface area contributed by atoms with Crippen LogP contribution < -0.4 is 0 Å². The van der Waals surface area contributed by atoms with Crippen LogP contribution in [0.2, 0.25) is 0 Å². The van der Waals surface area contributed by atoms with Gasteiger partial charge in [-0.25, -0.2) is 15.0 Å². The Morgan fingerprint density at radius 2 is 1.07 bits per heavy atom. The van der Waals surface area contributed by atoms with E-state index in [-0.39, 0.29) is 5.41 Å². The van der Waals surface area contributed by atoms with E-state index in [9.17, 15) is 0 Å². The molecule has 8 aromatic carbocycles. The van der Waals surface area contributed by atoms with E-state index in [0.717, 1.165) is 44.2 Å². The second-order valence-electron chi connectivity index (χ2n) is 15.9. The van der Waals surface area contributed by atoms with Gasteiger partial charge in [0.15, 0.2) is 17.5 Å². The maximum Gasteiger partial charge on any atom is 0.164 e. The molecular formula is C54H35N3OS. The second-order valence-corrected chi connectivity index (χ2v) is 17.0. The van der Waals surface area contributed by atoms with Crippen LogP contribution in [0.3, 0.4) is 0 Å². The highest BCUT2D eigenvalue weighted by Crippen LogP contribution is 2.50. The SMILES string of the molecule is CC1(C)c2ccccc2-c2ccc(-c3nc(-c4ccccc4)nc(-c4cccc5oc6ccc(-c7c(-c8ccccc8)ccc8sc9ccccc9c78)cc6c45)n3)cc21. The molecule has 3 aromatic heterocycles. The third kappa shape index (κ3) is 5.25. The quantitative estimate of drug-likeness (QED) is 0.175. The van der Waals surface area contributed by atoms with E-state index in [1.807, 2.05) is 41.7 Å². The largest absolute Gasteiger partial charge is 0.456 e. The number of hydrogen-bond acceptors (Lipinski definition) is 5. The summed E-state index contributed by atoms with van der Waals surface area (Å²) in [4.78, 5) is 15.7. The van der Waals surface area contributed by atoms with Gasteiger partial charge in [-0.15, -0.1) is 11.3 Å². The first kappa shape index (κ1) is 33.9. The van der Waals surface area contributed by atoms with E-state index in [0.29, 0.717) is 17.5 Å². The molecule has 0 unspecified atom stereocenters.